The summed E-state index contributed by atoms with van der Waals surface area (Å²) < 4.78 is 24.9. The normalized spacial score (nSPS) is 12.2. The summed E-state index contributed by atoms with van der Waals surface area (Å²) in [6, 6.07) is 15.2. The average molecular weight is 428 g/mol. The second kappa shape index (κ2) is 8.84. The lowest BCUT2D eigenvalue weighted by molar-refractivity contribution is -0.383. The minimum Gasteiger partial charge on any atom is -0.358 e. The summed E-state index contributed by atoms with van der Waals surface area (Å²) in [5.74, 6) is -0.322. The van der Waals surface area contributed by atoms with E-state index in [2.05, 4.69) is 25.5 Å². The molecule has 156 valence electrons. The summed E-state index contributed by atoms with van der Waals surface area (Å²) in [5, 5.41) is 14.6. The molecule has 0 aliphatic carbocycles. The van der Waals surface area contributed by atoms with Crippen molar-refractivity contribution in [3.63, 3.8) is 0 Å². The molecule has 0 aliphatic heterocycles. The maximum atomic E-state index is 12.4. The Morgan fingerprint density at radius 1 is 1.00 bits per heavy atom. The Balaban J connectivity index is 1.84. The van der Waals surface area contributed by atoms with Gasteiger partial charge in [-0.15, -0.1) is 4.83 Å². The van der Waals surface area contributed by atoms with Crippen molar-refractivity contribution in [3.8, 4) is 0 Å². The van der Waals surface area contributed by atoms with E-state index in [0.29, 0.717) is 0 Å². The highest BCUT2D eigenvalue weighted by Crippen LogP contribution is 2.31. The molecule has 3 aromatic rings. The molecule has 0 fully saturated rings. The van der Waals surface area contributed by atoms with E-state index in [1.54, 1.807) is 12.1 Å². The molecule has 3 N–H and O–H groups in total. The van der Waals surface area contributed by atoms with Crippen molar-refractivity contribution in [1.82, 2.24) is 14.8 Å². The van der Waals surface area contributed by atoms with Crippen molar-refractivity contribution in [2.45, 2.75) is 24.8 Å². The molecule has 10 nitrogen and oxygen atoms in total. The SMILES string of the molecule is Cc1ccc(S(=O)(=O)NNc2ncnc(NC(C)c3ccccc3)c2[N+](=O)[O-])cc1. The molecule has 0 bridgehead atoms. The predicted octanol–water partition coefficient (Wildman–Crippen LogP) is 3.17. The minimum absolute atomic E-state index is 0.00774. The fourth-order valence-corrected chi connectivity index (χ4v) is 3.51. The van der Waals surface area contributed by atoms with E-state index >= 15 is 0 Å². The first-order valence-corrected chi connectivity index (χ1v) is 10.4. The number of benzene rings is 2. The molecule has 1 aromatic heterocycles. The quantitative estimate of drug-likeness (QED) is 0.367. The third kappa shape index (κ3) is 4.88. The number of sulfonamides is 1. The van der Waals surface area contributed by atoms with Crippen LogP contribution in [-0.4, -0.2) is 23.3 Å². The largest absolute Gasteiger partial charge is 0.358 e. The van der Waals surface area contributed by atoms with Gasteiger partial charge in [-0.1, -0.05) is 48.0 Å². The molecular weight excluding hydrogens is 408 g/mol. The van der Waals surface area contributed by atoms with Gasteiger partial charge in [-0.2, -0.15) is 0 Å². The van der Waals surface area contributed by atoms with Crippen LogP contribution in [0.5, 0.6) is 0 Å². The number of anilines is 2. The van der Waals surface area contributed by atoms with Crippen LogP contribution >= 0.6 is 0 Å². The number of nitrogens with one attached hydrogen (secondary N) is 3. The number of hydrogen-bond acceptors (Lipinski definition) is 8. The first-order valence-electron chi connectivity index (χ1n) is 8.93. The zero-order valence-corrected chi connectivity index (χ0v) is 17.1. The van der Waals surface area contributed by atoms with E-state index < -0.39 is 20.6 Å². The molecule has 11 heteroatoms. The highest BCUT2D eigenvalue weighted by Gasteiger charge is 2.25. The van der Waals surface area contributed by atoms with Crippen LogP contribution in [0.4, 0.5) is 17.3 Å². The summed E-state index contributed by atoms with van der Waals surface area (Å²) in [6.07, 6.45) is 1.11. The summed E-state index contributed by atoms with van der Waals surface area (Å²) >= 11 is 0. The van der Waals surface area contributed by atoms with Crippen molar-refractivity contribution < 1.29 is 13.3 Å². The molecule has 0 radical (unpaired) electrons. The van der Waals surface area contributed by atoms with E-state index in [1.807, 2.05) is 44.2 Å². The molecule has 0 aliphatic rings. The average Bonchev–Trinajstić information content (AvgIpc) is 2.73. The van der Waals surface area contributed by atoms with Crippen LogP contribution in [0.15, 0.2) is 65.8 Å². The van der Waals surface area contributed by atoms with Crippen molar-refractivity contribution >= 4 is 27.3 Å². The van der Waals surface area contributed by atoms with Gasteiger partial charge < -0.3 is 5.32 Å². The first-order chi connectivity index (χ1) is 14.3. The number of aryl methyl sites for hydroxylation is 1. The lowest BCUT2D eigenvalue weighted by Gasteiger charge is -2.16. The molecule has 1 heterocycles. The van der Waals surface area contributed by atoms with Gasteiger partial charge in [-0.25, -0.2) is 18.4 Å². The van der Waals surface area contributed by atoms with Gasteiger partial charge in [-0.3, -0.25) is 15.5 Å². The second-order valence-electron chi connectivity index (χ2n) is 6.50. The Labute approximate surface area is 173 Å². The van der Waals surface area contributed by atoms with Crippen LogP contribution in [0.2, 0.25) is 0 Å². The molecular formula is C19H20N6O4S. The third-order valence-electron chi connectivity index (χ3n) is 4.29. The lowest BCUT2D eigenvalue weighted by Crippen LogP contribution is -2.30. The molecule has 30 heavy (non-hydrogen) atoms. The number of nitro groups is 1. The predicted molar refractivity (Wildman–Crippen MR) is 112 cm³/mol. The highest BCUT2D eigenvalue weighted by molar-refractivity contribution is 7.89. The van der Waals surface area contributed by atoms with Crippen LogP contribution in [0, 0.1) is 17.0 Å². The Bertz CT molecular complexity index is 1140. The monoisotopic (exact) mass is 428 g/mol. The van der Waals surface area contributed by atoms with Crippen molar-refractivity contribution in [2.75, 3.05) is 10.7 Å². The number of rotatable bonds is 8. The second-order valence-corrected chi connectivity index (χ2v) is 8.18. The van der Waals surface area contributed by atoms with Crippen LogP contribution in [0.3, 0.4) is 0 Å². The zero-order valence-electron chi connectivity index (χ0n) is 16.2. The summed E-state index contributed by atoms with van der Waals surface area (Å²) in [4.78, 5) is 20.9. The fourth-order valence-electron chi connectivity index (χ4n) is 2.67. The number of hydrogen-bond donors (Lipinski definition) is 3. The Kier molecular flexibility index (Phi) is 6.23. The lowest BCUT2D eigenvalue weighted by atomic mass is 10.1. The van der Waals surface area contributed by atoms with Gasteiger partial charge in [0.1, 0.15) is 6.33 Å². The molecule has 0 saturated heterocycles. The number of aromatic nitrogens is 2. The van der Waals surface area contributed by atoms with Crippen molar-refractivity contribution in [1.29, 1.82) is 0 Å². The number of hydrazine groups is 1. The molecule has 0 spiro atoms. The molecule has 1 atom stereocenters. The first kappa shape index (κ1) is 21.1. The molecule has 0 amide bonds. The molecule has 1 unspecified atom stereocenters. The minimum atomic E-state index is -3.96. The van der Waals surface area contributed by atoms with E-state index in [4.69, 9.17) is 0 Å². The number of nitrogens with zero attached hydrogens (tertiary/aromatic N) is 3. The summed E-state index contributed by atoms with van der Waals surface area (Å²) in [5.41, 5.74) is 3.65. The van der Waals surface area contributed by atoms with Crippen molar-refractivity contribution in [3.05, 3.63) is 82.2 Å². The Morgan fingerprint density at radius 2 is 1.63 bits per heavy atom. The van der Waals surface area contributed by atoms with Gasteiger partial charge in [0.2, 0.25) is 11.6 Å². The Hall–Kier alpha value is -3.57. The summed E-state index contributed by atoms with van der Waals surface area (Å²) in [6.45, 7) is 3.66. The standard InChI is InChI=1S/C19H20N6O4S/c1-13-8-10-16(11-9-13)30(28,29)24-23-19-17(25(26)27)18(20-12-21-19)22-14(2)15-6-4-3-5-7-15/h3-12,14,24H,1-2H3,(H2,20,21,22,23). The van der Waals surface area contributed by atoms with Crippen LogP contribution in [0.25, 0.3) is 0 Å². The zero-order chi connectivity index (χ0) is 21.7. The maximum Gasteiger partial charge on any atom is 0.354 e. The van der Waals surface area contributed by atoms with Crippen LogP contribution in [-0.2, 0) is 10.0 Å². The molecule has 0 saturated carbocycles. The Morgan fingerprint density at radius 3 is 2.27 bits per heavy atom. The van der Waals surface area contributed by atoms with E-state index in [0.717, 1.165) is 17.5 Å². The van der Waals surface area contributed by atoms with Crippen LogP contribution < -0.4 is 15.6 Å². The van der Waals surface area contributed by atoms with Gasteiger partial charge in [0.25, 0.3) is 10.0 Å². The highest BCUT2D eigenvalue weighted by atomic mass is 32.2. The molecule has 3 rings (SSSR count). The van der Waals surface area contributed by atoms with Gasteiger partial charge in [0.05, 0.1) is 15.9 Å². The van der Waals surface area contributed by atoms with Crippen molar-refractivity contribution in [2.24, 2.45) is 0 Å². The van der Waals surface area contributed by atoms with E-state index in [-0.39, 0.29) is 22.6 Å². The van der Waals surface area contributed by atoms with Gasteiger partial charge in [-0.05, 0) is 31.5 Å². The molecule has 2 aromatic carbocycles. The smallest absolute Gasteiger partial charge is 0.354 e. The van der Waals surface area contributed by atoms with Gasteiger partial charge in [0.15, 0.2) is 0 Å². The van der Waals surface area contributed by atoms with E-state index in [1.165, 1.54) is 12.1 Å². The van der Waals surface area contributed by atoms with Gasteiger partial charge >= 0.3 is 5.69 Å². The van der Waals surface area contributed by atoms with Crippen LogP contribution in [0.1, 0.15) is 24.1 Å². The maximum absolute atomic E-state index is 12.4. The summed E-state index contributed by atoms with van der Waals surface area (Å²) in [7, 11) is -3.96. The van der Waals surface area contributed by atoms with Gasteiger partial charge in [0, 0.05) is 0 Å². The fraction of sp³-hybridized carbons (Fsp3) is 0.158. The third-order valence-corrected chi connectivity index (χ3v) is 5.56. The van der Waals surface area contributed by atoms with E-state index in [9.17, 15) is 18.5 Å². The topological polar surface area (TPSA) is 139 Å².